The van der Waals surface area contributed by atoms with E-state index in [1.54, 1.807) is 18.7 Å². The molecule has 6 nitrogen and oxygen atoms in total. The second-order valence-corrected chi connectivity index (χ2v) is 5.70. The molecule has 0 bridgehead atoms. The summed E-state index contributed by atoms with van der Waals surface area (Å²) in [6.07, 6.45) is 5.15. The van der Waals surface area contributed by atoms with Crippen LogP contribution in [0.4, 0.5) is 5.82 Å². The van der Waals surface area contributed by atoms with Gasteiger partial charge in [-0.15, -0.1) is 10.2 Å². The molecule has 0 saturated carbocycles. The molecule has 3 aromatic heterocycles. The molecule has 4 aromatic rings. The zero-order valence-electron chi connectivity index (χ0n) is 10.7. The zero-order valence-corrected chi connectivity index (χ0v) is 12.3. The molecule has 0 spiro atoms. The van der Waals surface area contributed by atoms with E-state index in [1.165, 1.54) is 11.5 Å². The van der Waals surface area contributed by atoms with E-state index in [-0.39, 0.29) is 0 Å². The number of halogens is 1. The first-order valence-corrected chi connectivity index (χ1v) is 7.38. The number of nitrogens with one attached hydrogen (secondary N) is 1. The molecule has 21 heavy (non-hydrogen) atoms. The lowest BCUT2D eigenvalue weighted by Gasteiger charge is -2.04. The molecule has 0 saturated heterocycles. The van der Waals surface area contributed by atoms with Gasteiger partial charge >= 0.3 is 0 Å². The molecule has 0 aliphatic rings. The molecule has 0 aliphatic carbocycles. The summed E-state index contributed by atoms with van der Waals surface area (Å²) in [6, 6.07) is 5.79. The first-order valence-electron chi connectivity index (χ1n) is 6.23. The van der Waals surface area contributed by atoms with Crippen molar-refractivity contribution in [3.63, 3.8) is 0 Å². The average molecular weight is 317 g/mol. The van der Waals surface area contributed by atoms with Crippen molar-refractivity contribution in [3.05, 3.63) is 47.6 Å². The van der Waals surface area contributed by atoms with Gasteiger partial charge in [0.15, 0.2) is 5.82 Å². The number of fused-ring (bicyclic) bond motifs is 2. The summed E-state index contributed by atoms with van der Waals surface area (Å²) >= 11 is 7.51. The van der Waals surface area contributed by atoms with E-state index in [0.717, 1.165) is 15.8 Å². The van der Waals surface area contributed by atoms with Crippen molar-refractivity contribution in [2.24, 2.45) is 0 Å². The van der Waals surface area contributed by atoms with E-state index < -0.39 is 0 Å². The lowest BCUT2D eigenvalue weighted by Crippen LogP contribution is -2.04. The van der Waals surface area contributed by atoms with Crippen LogP contribution in [-0.4, -0.2) is 24.0 Å². The normalized spacial score (nSPS) is 11.3. The van der Waals surface area contributed by atoms with Crippen LogP contribution in [0.5, 0.6) is 0 Å². The number of hydrogen-bond donors (Lipinski definition) is 1. The van der Waals surface area contributed by atoms with Crippen LogP contribution in [0.3, 0.4) is 0 Å². The Hall–Kier alpha value is -2.25. The van der Waals surface area contributed by atoms with E-state index in [2.05, 4.69) is 24.9 Å². The fourth-order valence-electron chi connectivity index (χ4n) is 2.14. The van der Waals surface area contributed by atoms with Crippen LogP contribution < -0.4 is 5.32 Å². The van der Waals surface area contributed by atoms with Crippen molar-refractivity contribution in [1.82, 2.24) is 24.0 Å². The summed E-state index contributed by atoms with van der Waals surface area (Å²) in [5.41, 5.74) is 1.64. The summed E-state index contributed by atoms with van der Waals surface area (Å²) in [7, 11) is 0. The van der Waals surface area contributed by atoms with Gasteiger partial charge < -0.3 is 5.32 Å². The first kappa shape index (κ1) is 12.5. The molecule has 0 aliphatic heterocycles. The molecule has 8 heteroatoms. The van der Waals surface area contributed by atoms with Crippen LogP contribution in [0.1, 0.15) is 5.69 Å². The molecular formula is C13H9ClN6S. The van der Waals surface area contributed by atoms with Gasteiger partial charge in [0.25, 0.3) is 0 Å². The summed E-state index contributed by atoms with van der Waals surface area (Å²) in [5.74, 6) is 0.679. The van der Waals surface area contributed by atoms with Gasteiger partial charge in [0, 0.05) is 22.8 Å². The minimum atomic E-state index is 0.555. The number of anilines is 1. The largest absolute Gasteiger partial charge is 0.361 e. The van der Waals surface area contributed by atoms with Crippen LogP contribution in [-0.2, 0) is 6.54 Å². The van der Waals surface area contributed by atoms with Crippen LogP contribution in [0.2, 0.25) is 5.02 Å². The van der Waals surface area contributed by atoms with Crippen LogP contribution in [0.25, 0.3) is 15.7 Å². The van der Waals surface area contributed by atoms with Crippen LogP contribution in [0.15, 0.2) is 36.9 Å². The summed E-state index contributed by atoms with van der Waals surface area (Å²) < 4.78 is 7.40. The SMILES string of the molecule is Clc1ccc2snc(CNc3nccn4cnnc34)c2c1. The van der Waals surface area contributed by atoms with Gasteiger partial charge in [-0.2, -0.15) is 4.37 Å². The highest BCUT2D eigenvalue weighted by atomic mass is 35.5. The highest BCUT2D eigenvalue weighted by Gasteiger charge is 2.09. The minimum absolute atomic E-state index is 0.555. The third kappa shape index (κ3) is 2.20. The predicted molar refractivity (Wildman–Crippen MR) is 82.7 cm³/mol. The molecule has 0 atom stereocenters. The van der Waals surface area contributed by atoms with E-state index in [4.69, 9.17) is 11.6 Å². The zero-order chi connectivity index (χ0) is 14.2. The number of nitrogens with zero attached hydrogens (tertiary/aromatic N) is 5. The smallest absolute Gasteiger partial charge is 0.203 e. The molecule has 1 aromatic carbocycles. The van der Waals surface area contributed by atoms with Gasteiger partial charge in [0.05, 0.1) is 16.9 Å². The standard InChI is InChI=1S/C13H9ClN6S/c14-8-1-2-11-9(5-8)10(19-21-11)6-16-12-13-18-17-7-20(13)4-3-15-12/h1-5,7H,6H2,(H,15,16). The molecule has 0 radical (unpaired) electrons. The lowest BCUT2D eigenvalue weighted by molar-refractivity contribution is 1.06. The van der Waals surface area contributed by atoms with Gasteiger partial charge in [-0.1, -0.05) is 11.6 Å². The van der Waals surface area contributed by atoms with E-state index >= 15 is 0 Å². The number of rotatable bonds is 3. The molecule has 3 heterocycles. The third-order valence-corrected chi connectivity index (χ3v) is 4.25. The van der Waals surface area contributed by atoms with Crippen LogP contribution in [0, 0.1) is 0 Å². The first-order chi connectivity index (χ1) is 10.3. The van der Waals surface area contributed by atoms with Gasteiger partial charge in [0.1, 0.15) is 6.33 Å². The highest BCUT2D eigenvalue weighted by Crippen LogP contribution is 2.26. The third-order valence-electron chi connectivity index (χ3n) is 3.15. The Morgan fingerprint density at radius 3 is 3.24 bits per heavy atom. The van der Waals surface area contributed by atoms with E-state index in [0.29, 0.717) is 23.0 Å². The fourth-order valence-corrected chi connectivity index (χ4v) is 3.09. The molecule has 1 N–H and O–H groups in total. The molecule has 0 fully saturated rings. The second kappa shape index (κ2) is 4.94. The second-order valence-electron chi connectivity index (χ2n) is 4.46. The Morgan fingerprint density at radius 1 is 1.33 bits per heavy atom. The minimum Gasteiger partial charge on any atom is -0.361 e. The van der Waals surface area contributed by atoms with E-state index in [9.17, 15) is 0 Å². The van der Waals surface area contributed by atoms with Crippen molar-refractivity contribution >= 4 is 44.7 Å². The van der Waals surface area contributed by atoms with Crippen LogP contribution >= 0.6 is 23.1 Å². The highest BCUT2D eigenvalue weighted by molar-refractivity contribution is 7.13. The van der Waals surface area contributed by atoms with Crippen molar-refractivity contribution in [2.45, 2.75) is 6.54 Å². The van der Waals surface area contributed by atoms with Gasteiger partial charge in [-0.25, -0.2) is 4.98 Å². The molecule has 0 unspecified atom stereocenters. The number of aromatic nitrogens is 5. The lowest BCUT2D eigenvalue weighted by atomic mass is 10.2. The summed E-state index contributed by atoms with van der Waals surface area (Å²) in [6.45, 7) is 0.555. The maximum absolute atomic E-state index is 6.05. The van der Waals surface area contributed by atoms with E-state index in [1.807, 2.05) is 22.6 Å². The predicted octanol–water partition coefficient (Wildman–Crippen LogP) is 3.00. The maximum atomic E-state index is 6.05. The topological polar surface area (TPSA) is 68.0 Å². The number of benzene rings is 1. The fraction of sp³-hybridized carbons (Fsp3) is 0.0769. The quantitative estimate of drug-likeness (QED) is 0.629. The Kier molecular flexibility index (Phi) is 2.94. The molecule has 4 rings (SSSR count). The monoisotopic (exact) mass is 316 g/mol. The van der Waals surface area contributed by atoms with Crippen molar-refractivity contribution in [1.29, 1.82) is 0 Å². The Morgan fingerprint density at radius 2 is 2.29 bits per heavy atom. The van der Waals surface area contributed by atoms with Gasteiger partial charge in [-0.3, -0.25) is 4.40 Å². The summed E-state index contributed by atoms with van der Waals surface area (Å²) in [4.78, 5) is 4.29. The molecular weight excluding hydrogens is 308 g/mol. The van der Waals surface area contributed by atoms with Gasteiger partial charge in [-0.05, 0) is 29.7 Å². The van der Waals surface area contributed by atoms with Crippen molar-refractivity contribution in [3.8, 4) is 0 Å². The molecule has 104 valence electrons. The van der Waals surface area contributed by atoms with Crippen molar-refractivity contribution in [2.75, 3.05) is 5.32 Å². The molecule has 0 amide bonds. The Balaban J connectivity index is 1.66. The Bertz CT molecular complexity index is 931. The number of hydrogen-bond acceptors (Lipinski definition) is 6. The van der Waals surface area contributed by atoms with Crippen molar-refractivity contribution < 1.29 is 0 Å². The Labute approximate surface area is 128 Å². The average Bonchev–Trinajstić information content (AvgIpc) is 3.11. The van der Waals surface area contributed by atoms with Gasteiger partial charge in [0.2, 0.25) is 5.65 Å². The maximum Gasteiger partial charge on any atom is 0.203 e. The summed E-state index contributed by atoms with van der Waals surface area (Å²) in [5, 5.41) is 12.9.